The number of thiazole rings is 1. The molecule has 0 radical (unpaired) electrons. The molecule has 0 aliphatic carbocycles. The molecule has 9 N–H and O–H groups in total. The minimum Gasteiger partial charge on any atom is -0.504 e. The van der Waals surface area contributed by atoms with Crippen LogP contribution >= 0.6 is 34.7 Å². The van der Waals surface area contributed by atoms with Gasteiger partial charge in [0.15, 0.2) is 22.3 Å². The number of nitrogens with one attached hydrogen (secondary N) is 3. The van der Waals surface area contributed by atoms with Crippen LogP contribution in [0.1, 0.15) is 29.9 Å². The van der Waals surface area contributed by atoms with E-state index in [2.05, 4.69) is 26.2 Å². The van der Waals surface area contributed by atoms with Crippen LogP contribution < -0.4 is 21.8 Å². The Balaban J connectivity index is 1.22. The van der Waals surface area contributed by atoms with Crippen molar-refractivity contribution in [2.45, 2.75) is 35.7 Å². The molecular weight excluding hydrogens is 726 g/mol. The highest BCUT2D eigenvalue weighted by Gasteiger charge is 2.66. The van der Waals surface area contributed by atoms with Gasteiger partial charge in [-0.05, 0) is 26.0 Å². The topological polar surface area (TPSA) is 290 Å². The van der Waals surface area contributed by atoms with Crippen LogP contribution in [-0.4, -0.2) is 136 Å². The van der Waals surface area contributed by atoms with E-state index in [4.69, 9.17) is 22.2 Å². The normalized spacial score (nSPS) is 21.9. The summed E-state index contributed by atoms with van der Waals surface area (Å²) in [6, 6.07) is 0.379. The van der Waals surface area contributed by atoms with Gasteiger partial charge in [0.25, 0.3) is 11.8 Å². The van der Waals surface area contributed by atoms with Gasteiger partial charge in [-0.2, -0.15) is 0 Å². The number of hydrazine groups is 1. The lowest BCUT2D eigenvalue weighted by Crippen LogP contribution is -2.68. The summed E-state index contributed by atoms with van der Waals surface area (Å²) in [4.78, 5) is 86.0. The van der Waals surface area contributed by atoms with E-state index in [0.29, 0.717) is 0 Å². The third-order valence-corrected chi connectivity index (χ3v) is 10.6. The Kier molecular flexibility index (Phi) is 9.92. The molecule has 4 heterocycles. The minimum absolute atomic E-state index is 0.0111. The highest BCUT2D eigenvalue weighted by molar-refractivity contribution is 8.02. The molecule has 5 amide bonds. The van der Waals surface area contributed by atoms with Crippen LogP contribution in [0, 0.1) is 0 Å². The fourth-order valence-electron chi connectivity index (χ4n) is 5.03. The number of fused-ring (bicyclic) bond motifs is 1. The van der Waals surface area contributed by atoms with Gasteiger partial charge in [0, 0.05) is 25.0 Å². The Morgan fingerprint density at radius 1 is 1.18 bits per heavy atom. The molecule has 0 spiro atoms. The van der Waals surface area contributed by atoms with Crippen molar-refractivity contribution in [3.05, 3.63) is 33.8 Å². The van der Waals surface area contributed by atoms with Crippen LogP contribution in [0.4, 0.5) is 9.93 Å². The highest BCUT2D eigenvalue weighted by Crippen LogP contribution is 2.49. The Hall–Kier alpha value is -5.06. The lowest BCUT2D eigenvalue weighted by atomic mass is 10.1. The first-order valence-electron chi connectivity index (χ1n) is 14.5. The molecule has 0 saturated carbocycles. The van der Waals surface area contributed by atoms with Crippen LogP contribution in [0.5, 0.6) is 11.5 Å². The number of β-lactam (4-membered cyclic amide) rings is 1. The van der Waals surface area contributed by atoms with Crippen molar-refractivity contribution < 1.29 is 54.0 Å². The molecule has 2 aromatic rings. The fraction of sp³-hybridized carbons (Fsp3) is 0.407. The number of benzene rings is 1. The first-order chi connectivity index (χ1) is 23.5. The molecule has 1 aromatic carbocycles. The van der Waals surface area contributed by atoms with Crippen LogP contribution in [0.3, 0.4) is 0 Å². The standard InChI is InChI=1S/C27H30ClN9O11S2/c1-26(2,22(43)44)48-34-15(12-9-49-24(29)32-12)19(41)33-16-20(42)35-10-27(23(45)46,50-21(16)35)36-7-8-37(25(36)47)31-6-5-30-18(40)11-3-4-13(38)17(39)14(11)28/h3-4,9,16,21,31,38-39H,5-8,10H2,1-2H3,(H2,29,32)(H,30,40)(H,33,41)(H,43,44)(H,45,46)/b34-15-/t16-,21-,27-/m1/s1. The predicted octanol–water partition coefficient (Wildman–Crippen LogP) is -0.773. The maximum absolute atomic E-state index is 13.4. The van der Waals surface area contributed by atoms with Gasteiger partial charge in [-0.1, -0.05) is 28.5 Å². The predicted molar refractivity (Wildman–Crippen MR) is 175 cm³/mol. The van der Waals surface area contributed by atoms with Crippen molar-refractivity contribution in [1.29, 1.82) is 0 Å². The third kappa shape index (κ3) is 6.60. The van der Waals surface area contributed by atoms with E-state index >= 15 is 0 Å². The number of hydrogen-bond acceptors (Lipinski definition) is 15. The number of aliphatic carboxylic acids is 2. The molecule has 268 valence electrons. The lowest BCUT2D eigenvalue weighted by molar-refractivity contribution is -0.161. The van der Waals surface area contributed by atoms with E-state index in [9.17, 15) is 49.2 Å². The number of halogens is 1. The number of thioether (sulfide) groups is 1. The minimum atomic E-state index is -1.91. The fourth-order valence-corrected chi connectivity index (χ4v) is 7.46. The van der Waals surface area contributed by atoms with Gasteiger partial charge in [0.2, 0.25) is 16.4 Å². The number of rotatable bonds is 13. The largest absolute Gasteiger partial charge is 0.504 e. The van der Waals surface area contributed by atoms with E-state index < -0.39 is 74.8 Å². The summed E-state index contributed by atoms with van der Waals surface area (Å²) in [5.41, 5.74) is 6.06. The number of anilines is 1. The Bertz CT molecular complexity index is 1810. The maximum atomic E-state index is 13.4. The van der Waals surface area contributed by atoms with Gasteiger partial charge in [0.05, 0.1) is 23.7 Å². The van der Waals surface area contributed by atoms with Gasteiger partial charge in [0.1, 0.15) is 17.1 Å². The molecule has 3 aliphatic heterocycles. The molecule has 3 atom stereocenters. The second kappa shape index (κ2) is 13.7. The van der Waals surface area contributed by atoms with Gasteiger partial charge in [-0.15, -0.1) is 11.3 Å². The number of aromatic nitrogens is 1. The van der Waals surface area contributed by atoms with Crippen molar-refractivity contribution in [1.82, 2.24) is 35.9 Å². The number of oxime groups is 1. The van der Waals surface area contributed by atoms with Gasteiger partial charge < -0.3 is 46.5 Å². The number of aromatic hydroxyl groups is 2. The number of hydrogen-bond donors (Lipinski definition) is 8. The van der Waals surface area contributed by atoms with Gasteiger partial charge >= 0.3 is 18.0 Å². The van der Waals surface area contributed by atoms with Crippen molar-refractivity contribution in [3.8, 4) is 11.5 Å². The molecular formula is C27H30ClN9O11S2. The van der Waals surface area contributed by atoms with Crippen molar-refractivity contribution in [2.75, 3.05) is 38.5 Å². The average molecular weight is 756 g/mol. The van der Waals surface area contributed by atoms with E-state index in [1.54, 1.807) is 0 Å². The van der Waals surface area contributed by atoms with E-state index in [-0.39, 0.29) is 54.1 Å². The number of nitrogens with two attached hydrogens (primary N) is 1. The second-order valence-electron chi connectivity index (χ2n) is 11.5. The SMILES string of the molecule is CC(C)(O/N=C(\C(=O)N[C@@H]1C(=O)N2C[C@@](C(=O)O)(N3CCN(NCCNC(=O)c4ccc(O)c(O)c4Cl)C3=O)S[C@H]12)c1csc(N)n1)C(=O)O. The molecule has 3 saturated heterocycles. The van der Waals surface area contributed by atoms with Crippen LogP contribution in [0.15, 0.2) is 22.7 Å². The zero-order chi connectivity index (χ0) is 36.7. The number of amides is 5. The Morgan fingerprint density at radius 2 is 1.90 bits per heavy atom. The number of urea groups is 1. The zero-order valence-corrected chi connectivity index (χ0v) is 28.5. The molecule has 50 heavy (non-hydrogen) atoms. The van der Waals surface area contributed by atoms with Crippen molar-refractivity contribution in [2.24, 2.45) is 5.16 Å². The number of nitrogen functional groups attached to an aromatic ring is 1. The summed E-state index contributed by atoms with van der Waals surface area (Å²) in [6.07, 6.45) is 0. The Morgan fingerprint density at radius 3 is 2.54 bits per heavy atom. The van der Waals surface area contributed by atoms with Crippen molar-refractivity contribution in [3.63, 3.8) is 0 Å². The van der Waals surface area contributed by atoms with Gasteiger partial charge in [-0.3, -0.25) is 24.3 Å². The molecule has 20 nitrogen and oxygen atoms in total. The molecule has 1 aromatic heterocycles. The summed E-state index contributed by atoms with van der Waals surface area (Å²) in [6.45, 7) is 2.07. The number of carboxylic acid groups (broad SMARTS) is 2. The number of carbonyl (C=O) groups is 6. The number of phenols is 2. The average Bonchev–Trinajstić information content (AvgIpc) is 3.76. The van der Waals surface area contributed by atoms with Crippen molar-refractivity contribution >= 4 is 81.2 Å². The quantitative estimate of drug-likeness (QED) is 0.0409. The number of nitrogens with zero attached hydrogens (tertiary/aromatic N) is 5. The maximum Gasteiger partial charge on any atom is 0.350 e. The molecule has 5 rings (SSSR count). The van der Waals surface area contributed by atoms with Gasteiger partial charge in [-0.25, -0.2) is 24.8 Å². The summed E-state index contributed by atoms with van der Waals surface area (Å²) >= 11 is 7.68. The first kappa shape index (κ1) is 36.2. The molecule has 0 bridgehead atoms. The van der Waals surface area contributed by atoms with Crippen LogP contribution in [0.25, 0.3) is 0 Å². The monoisotopic (exact) mass is 755 g/mol. The van der Waals surface area contributed by atoms with Crippen LogP contribution in [-0.2, 0) is 24.0 Å². The summed E-state index contributed by atoms with van der Waals surface area (Å²) in [5.74, 6) is -6.15. The molecule has 0 unspecified atom stereocenters. The molecule has 23 heteroatoms. The van der Waals surface area contributed by atoms with E-state index in [1.165, 1.54) is 30.2 Å². The smallest absolute Gasteiger partial charge is 0.350 e. The van der Waals surface area contributed by atoms with E-state index in [0.717, 1.165) is 39.1 Å². The Labute approximate surface area is 295 Å². The van der Waals surface area contributed by atoms with E-state index in [1.807, 2.05) is 0 Å². The summed E-state index contributed by atoms with van der Waals surface area (Å²) < 4.78 is 0. The second-order valence-corrected chi connectivity index (χ2v) is 14.1. The summed E-state index contributed by atoms with van der Waals surface area (Å²) in [5, 5.41) is 49.1. The number of phenolic OH excluding ortho intramolecular Hbond substituents is 2. The first-order valence-corrected chi connectivity index (χ1v) is 16.7. The molecule has 3 fully saturated rings. The zero-order valence-electron chi connectivity index (χ0n) is 26.1. The number of carbonyl (C=O) groups excluding carboxylic acids is 4. The lowest BCUT2D eigenvalue weighted by Gasteiger charge is -2.41. The highest BCUT2D eigenvalue weighted by atomic mass is 35.5. The third-order valence-electron chi connectivity index (χ3n) is 7.82. The van der Waals surface area contributed by atoms with Crippen LogP contribution in [0.2, 0.25) is 5.02 Å². The number of carboxylic acids is 2. The molecule has 3 aliphatic rings. The summed E-state index contributed by atoms with van der Waals surface area (Å²) in [7, 11) is 0.